The number of benzene rings is 1. The van der Waals surface area contributed by atoms with Gasteiger partial charge in [0.25, 0.3) is 0 Å². The van der Waals surface area contributed by atoms with Crippen LogP contribution in [0.3, 0.4) is 0 Å². The van der Waals surface area contributed by atoms with Crippen LogP contribution in [-0.2, 0) is 6.42 Å². The van der Waals surface area contributed by atoms with E-state index < -0.39 is 0 Å². The van der Waals surface area contributed by atoms with Crippen LogP contribution in [0.5, 0.6) is 0 Å². The minimum Gasteiger partial charge on any atom is -0.314 e. The first-order valence-corrected chi connectivity index (χ1v) is 7.45. The van der Waals surface area contributed by atoms with Crippen LogP contribution < -0.4 is 5.32 Å². The van der Waals surface area contributed by atoms with Crippen molar-refractivity contribution in [3.05, 3.63) is 28.8 Å². The summed E-state index contributed by atoms with van der Waals surface area (Å²) in [6.45, 7) is 1.17. The van der Waals surface area contributed by atoms with Crippen LogP contribution in [0.4, 0.5) is 0 Å². The second-order valence-corrected chi connectivity index (χ2v) is 5.59. The highest BCUT2D eigenvalue weighted by molar-refractivity contribution is 7.98. The topological polar surface area (TPSA) is 12.0 Å². The van der Waals surface area contributed by atoms with E-state index in [0.717, 1.165) is 11.4 Å². The first kappa shape index (κ1) is 12.3. The zero-order valence-electron chi connectivity index (χ0n) is 9.63. The van der Waals surface area contributed by atoms with Gasteiger partial charge in [0.15, 0.2) is 0 Å². The quantitative estimate of drug-likeness (QED) is 0.826. The third-order valence-electron chi connectivity index (χ3n) is 3.12. The van der Waals surface area contributed by atoms with Crippen LogP contribution in [0.2, 0.25) is 5.02 Å². The Hall–Kier alpha value is -0.180. The average molecular weight is 256 g/mol. The minimum absolute atomic E-state index is 0.637. The molecule has 1 aromatic carbocycles. The molecular formula is C13H18ClNS. The van der Waals surface area contributed by atoms with Crippen molar-refractivity contribution >= 4 is 23.4 Å². The second kappa shape index (κ2) is 5.95. The Balaban J connectivity index is 2.09. The molecule has 1 atom stereocenters. The predicted molar refractivity (Wildman–Crippen MR) is 72.6 cm³/mol. The fraction of sp³-hybridized carbons (Fsp3) is 0.538. The van der Waals surface area contributed by atoms with E-state index in [1.54, 1.807) is 11.8 Å². The highest BCUT2D eigenvalue weighted by Gasteiger charge is 2.14. The number of thioether (sulfide) groups is 1. The summed E-state index contributed by atoms with van der Waals surface area (Å²) in [5, 5.41) is 4.44. The molecule has 16 heavy (non-hydrogen) atoms. The Morgan fingerprint density at radius 2 is 2.31 bits per heavy atom. The van der Waals surface area contributed by atoms with Crippen LogP contribution in [0, 0.1) is 0 Å². The van der Waals surface area contributed by atoms with Crippen molar-refractivity contribution in [1.29, 1.82) is 0 Å². The van der Waals surface area contributed by atoms with Gasteiger partial charge in [0.2, 0.25) is 0 Å². The van der Waals surface area contributed by atoms with Crippen LogP contribution in [0.1, 0.15) is 24.8 Å². The van der Waals surface area contributed by atoms with E-state index in [0.29, 0.717) is 6.04 Å². The lowest BCUT2D eigenvalue weighted by Gasteiger charge is -2.24. The Morgan fingerprint density at radius 1 is 1.44 bits per heavy atom. The van der Waals surface area contributed by atoms with Crippen molar-refractivity contribution in [3.63, 3.8) is 0 Å². The molecule has 0 aliphatic carbocycles. The number of rotatable bonds is 3. The van der Waals surface area contributed by atoms with Crippen molar-refractivity contribution in [3.8, 4) is 0 Å². The largest absolute Gasteiger partial charge is 0.314 e. The first-order chi connectivity index (χ1) is 7.79. The summed E-state index contributed by atoms with van der Waals surface area (Å²) in [6.07, 6.45) is 7.20. The number of piperidine rings is 1. The Bertz CT molecular complexity index is 348. The van der Waals surface area contributed by atoms with E-state index in [1.807, 2.05) is 6.07 Å². The first-order valence-electron chi connectivity index (χ1n) is 5.85. The molecule has 88 valence electrons. The van der Waals surface area contributed by atoms with Gasteiger partial charge in [-0.15, -0.1) is 11.8 Å². The number of hydrogen-bond donors (Lipinski definition) is 1. The van der Waals surface area contributed by atoms with Gasteiger partial charge in [-0.25, -0.2) is 0 Å². The molecule has 2 rings (SSSR count). The third kappa shape index (κ3) is 3.16. The monoisotopic (exact) mass is 255 g/mol. The van der Waals surface area contributed by atoms with E-state index in [-0.39, 0.29) is 0 Å². The molecule has 0 spiro atoms. The van der Waals surface area contributed by atoms with E-state index in [1.165, 1.54) is 36.3 Å². The molecule has 1 saturated heterocycles. The second-order valence-electron chi connectivity index (χ2n) is 4.31. The maximum Gasteiger partial charge on any atom is 0.0409 e. The zero-order chi connectivity index (χ0) is 11.4. The maximum absolute atomic E-state index is 6.06. The molecule has 1 nitrogen and oxygen atoms in total. The predicted octanol–water partition coefficient (Wildman–Crippen LogP) is 3.75. The lowest BCUT2D eigenvalue weighted by molar-refractivity contribution is 0.398. The molecule has 1 heterocycles. The van der Waals surface area contributed by atoms with Crippen LogP contribution in [0.15, 0.2) is 23.1 Å². The Labute approximate surface area is 107 Å². The normalized spacial score (nSPS) is 21.0. The summed E-state index contributed by atoms with van der Waals surface area (Å²) in [6, 6.07) is 6.86. The molecule has 1 aliphatic rings. The van der Waals surface area contributed by atoms with Gasteiger partial charge in [-0.2, -0.15) is 0 Å². The fourth-order valence-corrected chi connectivity index (χ4v) is 3.07. The van der Waals surface area contributed by atoms with Crippen molar-refractivity contribution in [2.75, 3.05) is 12.8 Å². The van der Waals surface area contributed by atoms with Crippen molar-refractivity contribution in [2.24, 2.45) is 0 Å². The third-order valence-corrected chi connectivity index (χ3v) is 4.19. The van der Waals surface area contributed by atoms with E-state index in [9.17, 15) is 0 Å². The van der Waals surface area contributed by atoms with Gasteiger partial charge in [0, 0.05) is 16.0 Å². The van der Waals surface area contributed by atoms with Gasteiger partial charge < -0.3 is 5.32 Å². The molecule has 0 aromatic heterocycles. The number of hydrogen-bond acceptors (Lipinski definition) is 2. The summed E-state index contributed by atoms with van der Waals surface area (Å²) < 4.78 is 0. The smallest absolute Gasteiger partial charge is 0.0409 e. The number of nitrogens with one attached hydrogen (secondary N) is 1. The Morgan fingerprint density at radius 3 is 3.00 bits per heavy atom. The van der Waals surface area contributed by atoms with Crippen molar-refractivity contribution in [1.82, 2.24) is 5.32 Å². The lowest BCUT2D eigenvalue weighted by atomic mass is 9.98. The molecule has 1 fully saturated rings. The van der Waals surface area contributed by atoms with Crippen molar-refractivity contribution < 1.29 is 0 Å². The van der Waals surface area contributed by atoms with E-state index in [4.69, 9.17) is 11.6 Å². The molecule has 0 radical (unpaired) electrons. The molecule has 1 unspecified atom stereocenters. The highest BCUT2D eigenvalue weighted by Crippen LogP contribution is 2.26. The molecule has 1 aliphatic heterocycles. The minimum atomic E-state index is 0.637. The molecule has 0 amide bonds. The fourth-order valence-electron chi connectivity index (χ4n) is 2.27. The SMILES string of the molecule is CSc1ccc(Cl)cc1CC1CCCCN1. The molecule has 1 N–H and O–H groups in total. The highest BCUT2D eigenvalue weighted by atomic mass is 35.5. The summed E-state index contributed by atoms with van der Waals surface area (Å²) in [7, 11) is 0. The van der Waals surface area contributed by atoms with Crippen LogP contribution >= 0.6 is 23.4 Å². The summed E-state index contributed by atoms with van der Waals surface area (Å²) >= 11 is 7.87. The lowest BCUT2D eigenvalue weighted by Crippen LogP contribution is -2.35. The van der Waals surface area contributed by atoms with E-state index in [2.05, 4.69) is 23.7 Å². The van der Waals surface area contributed by atoms with Gasteiger partial charge in [0.1, 0.15) is 0 Å². The van der Waals surface area contributed by atoms with Gasteiger partial charge in [-0.1, -0.05) is 18.0 Å². The van der Waals surface area contributed by atoms with Gasteiger partial charge in [-0.3, -0.25) is 0 Å². The molecule has 3 heteroatoms. The van der Waals surface area contributed by atoms with Crippen LogP contribution in [0.25, 0.3) is 0 Å². The van der Waals surface area contributed by atoms with Gasteiger partial charge >= 0.3 is 0 Å². The van der Waals surface area contributed by atoms with Gasteiger partial charge in [-0.05, 0) is 55.8 Å². The molecule has 0 saturated carbocycles. The maximum atomic E-state index is 6.06. The van der Waals surface area contributed by atoms with Crippen LogP contribution in [-0.4, -0.2) is 18.8 Å². The van der Waals surface area contributed by atoms with Crippen molar-refractivity contribution in [2.45, 2.75) is 36.6 Å². The summed E-state index contributed by atoms with van der Waals surface area (Å²) in [5.74, 6) is 0. The summed E-state index contributed by atoms with van der Waals surface area (Å²) in [4.78, 5) is 1.36. The number of halogens is 1. The standard InChI is InChI=1S/C13H18ClNS/c1-16-13-6-5-11(14)8-10(13)9-12-4-2-3-7-15-12/h5-6,8,12,15H,2-4,7,9H2,1H3. The van der Waals surface area contributed by atoms with E-state index >= 15 is 0 Å². The van der Waals surface area contributed by atoms with Gasteiger partial charge in [0.05, 0.1) is 0 Å². The molecule has 1 aromatic rings. The zero-order valence-corrected chi connectivity index (χ0v) is 11.2. The Kier molecular flexibility index (Phi) is 4.56. The molecule has 0 bridgehead atoms. The average Bonchev–Trinajstić information content (AvgIpc) is 2.31. The summed E-state index contributed by atoms with van der Waals surface area (Å²) in [5.41, 5.74) is 1.39. The molecular weight excluding hydrogens is 238 g/mol.